The Hall–Kier alpha value is -2.68. The van der Waals surface area contributed by atoms with E-state index in [9.17, 15) is 10.1 Å². The summed E-state index contributed by atoms with van der Waals surface area (Å²) in [6.07, 6.45) is 1.68. The van der Waals surface area contributed by atoms with E-state index in [2.05, 4.69) is 14.9 Å². The third kappa shape index (κ3) is 2.46. The minimum absolute atomic E-state index is 0.0316. The lowest BCUT2D eigenvalue weighted by molar-refractivity contribution is -0.389. The molecule has 3 aromatic heterocycles. The number of aryl methyl sites for hydroxylation is 1. The Morgan fingerprint density at radius 3 is 2.58 bits per heavy atom. The van der Waals surface area contributed by atoms with Crippen LogP contribution in [-0.4, -0.2) is 45.5 Å². The minimum atomic E-state index is -0.355. The van der Waals surface area contributed by atoms with Gasteiger partial charge in [0.15, 0.2) is 5.13 Å². The Balaban J connectivity index is 1.60. The number of imidazole rings is 1. The molecule has 1 saturated heterocycles. The average Bonchev–Trinajstić information content (AvgIpc) is 3.18. The summed E-state index contributed by atoms with van der Waals surface area (Å²) in [7, 11) is 0. The van der Waals surface area contributed by atoms with Gasteiger partial charge >= 0.3 is 5.82 Å². The predicted octanol–water partition coefficient (Wildman–Crippen LogP) is 2.33. The van der Waals surface area contributed by atoms with Crippen LogP contribution in [0.25, 0.3) is 5.65 Å². The summed E-state index contributed by atoms with van der Waals surface area (Å²) in [4.78, 5) is 24.4. The maximum Gasteiger partial charge on any atom is 0.372 e. The van der Waals surface area contributed by atoms with Crippen molar-refractivity contribution < 1.29 is 4.92 Å². The normalized spacial score (nSPS) is 15.2. The first kappa shape index (κ1) is 14.9. The Bertz CT molecular complexity index is 896. The fourth-order valence-electron chi connectivity index (χ4n) is 2.95. The zero-order valence-electron chi connectivity index (χ0n) is 13.1. The van der Waals surface area contributed by atoms with Gasteiger partial charge in [-0.2, -0.15) is 9.38 Å². The van der Waals surface area contributed by atoms with E-state index in [0.29, 0.717) is 24.6 Å². The quantitative estimate of drug-likeness (QED) is 0.536. The van der Waals surface area contributed by atoms with Crippen molar-refractivity contribution >= 4 is 33.8 Å². The highest BCUT2D eigenvalue weighted by atomic mass is 32.1. The zero-order chi connectivity index (χ0) is 16.7. The van der Waals surface area contributed by atoms with Gasteiger partial charge in [0.25, 0.3) is 0 Å². The van der Waals surface area contributed by atoms with Crippen LogP contribution in [0.5, 0.6) is 0 Å². The first-order valence-electron chi connectivity index (χ1n) is 7.67. The fourth-order valence-corrected chi connectivity index (χ4v) is 3.81. The number of piperazine rings is 1. The van der Waals surface area contributed by atoms with Crippen LogP contribution < -0.4 is 9.80 Å². The maximum atomic E-state index is 11.5. The van der Waals surface area contributed by atoms with E-state index in [-0.39, 0.29) is 10.7 Å². The Morgan fingerprint density at radius 1 is 1.17 bits per heavy atom. The molecule has 0 unspecified atom stereocenters. The lowest BCUT2D eigenvalue weighted by atomic mass is 10.3. The van der Waals surface area contributed by atoms with Crippen molar-refractivity contribution in [2.24, 2.45) is 0 Å². The fraction of sp³-hybridized carbons (Fsp3) is 0.333. The highest BCUT2D eigenvalue weighted by Gasteiger charge is 2.29. The van der Waals surface area contributed by atoms with E-state index in [0.717, 1.165) is 23.9 Å². The van der Waals surface area contributed by atoms with Crippen LogP contribution in [0.3, 0.4) is 0 Å². The lowest BCUT2D eigenvalue weighted by Gasteiger charge is -2.34. The van der Waals surface area contributed by atoms with Crippen molar-refractivity contribution in [2.75, 3.05) is 36.0 Å². The molecule has 1 aliphatic heterocycles. The van der Waals surface area contributed by atoms with Crippen LogP contribution in [0.2, 0.25) is 0 Å². The molecule has 0 radical (unpaired) electrons. The van der Waals surface area contributed by atoms with Crippen molar-refractivity contribution in [3.05, 3.63) is 45.6 Å². The molecule has 0 atom stereocenters. The van der Waals surface area contributed by atoms with Gasteiger partial charge in [-0.1, -0.05) is 6.07 Å². The van der Waals surface area contributed by atoms with Gasteiger partial charge in [0.2, 0.25) is 11.5 Å². The van der Waals surface area contributed by atoms with Crippen LogP contribution in [0, 0.1) is 17.0 Å². The molecule has 8 nitrogen and oxygen atoms in total. The number of anilines is 2. The van der Waals surface area contributed by atoms with E-state index in [1.807, 2.05) is 23.3 Å². The molecule has 1 fully saturated rings. The van der Waals surface area contributed by atoms with E-state index >= 15 is 0 Å². The predicted molar refractivity (Wildman–Crippen MR) is 93.1 cm³/mol. The van der Waals surface area contributed by atoms with Gasteiger partial charge in [0, 0.05) is 37.6 Å². The number of fused-ring (bicyclic) bond motifs is 1. The van der Waals surface area contributed by atoms with Gasteiger partial charge in [-0.25, -0.2) is 4.98 Å². The molecule has 9 heteroatoms. The van der Waals surface area contributed by atoms with Gasteiger partial charge in [-0.05, 0) is 17.9 Å². The van der Waals surface area contributed by atoms with Crippen molar-refractivity contribution in [3.63, 3.8) is 0 Å². The first-order valence-corrected chi connectivity index (χ1v) is 8.55. The Kier molecular flexibility index (Phi) is 3.57. The lowest BCUT2D eigenvalue weighted by Crippen LogP contribution is -2.46. The molecule has 4 rings (SSSR count). The second-order valence-electron chi connectivity index (χ2n) is 5.69. The summed E-state index contributed by atoms with van der Waals surface area (Å²) in [5, 5.41) is 14.6. The minimum Gasteiger partial charge on any atom is -0.358 e. The van der Waals surface area contributed by atoms with Crippen LogP contribution in [0.1, 0.15) is 5.69 Å². The van der Waals surface area contributed by atoms with Crippen molar-refractivity contribution in [3.8, 4) is 0 Å². The summed E-state index contributed by atoms with van der Waals surface area (Å²) in [5.74, 6) is 0.477. The number of hydrogen-bond donors (Lipinski definition) is 0. The Labute approximate surface area is 142 Å². The van der Waals surface area contributed by atoms with Gasteiger partial charge < -0.3 is 19.9 Å². The van der Waals surface area contributed by atoms with Crippen LogP contribution in [-0.2, 0) is 0 Å². The van der Waals surface area contributed by atoms with Crippen LogP contribution >= 0.6 is 11.3 Å². The number of hydrogen-bond acceptors (Lipinski definition) is 7. The summed E-state index contributed by atoms with van der Waals surface area (Å²) < 4.78 is 1.53. The molecule has 1 aliphatic rings. The summed E-state index contributed by atoms with van der Waals surface area (Å²) in [6.45, 7) is 4.90. The third-order valence-electron chi connectivity index (χ3n) is 4.12. The van der Waals surface area contributed by atoms with Crippen LogP contribution in [0.15, 0.2) is 29.8 Å². The Morgan fingerprint density at radius 2 is 1.92 bits per heavy atom. The zero-order valence-corrected chi connectivity index (χ0v) is 13.9. The van der Waals surface area contributed by atoms with Gasteiger partial charge in [-0.15, -0.1) is 11.3 Å². The highest BCUT2D eigenvalue weighted by molar-refractivity contribution is 7.13. The largest absolute Gasteiger partial charge is 0.372 e. The summed E-state index contributed by atoms with van der Waals surface area (Å²) in [6, 6.07) is 5.39. The molecule has 4 heterocycles. The van der Waals surface area contributed by atoms with Crippen molar-refractivity contribution in [2.45, 2.75) is 6.92 Å². The molecule has 0 aliphatic carbocycles. The van der Waals surface area contributed by atoms with Crippen molar-refractivity contribution in [1.29, 1.82) is 0 Å². The number of nitrogens with zero attached hydrogens (tertiary/aromatic N) is 6. The highest BCUT2D eigenvalue weighted by Crippen LogP contribution is 2.30. The number of rotatable bonds is 3. The second kappa shape index (κ2) is 5.75. The van der Waals surface area contributed by atoms with Gasteiger partial charge in [0.1, 0.15) is 0 Å². The molecule has 0 spiro atoms. The molecule has 0 saturated carbocycles. The number of aromatic nitrogens is 3. The monoisotopic (exact) mass is 344 g/mol. The smallest absolute Gasteiger partial charge is 0.358 e. The topological polar surface area (TPSA) is 79.8 Å². The van der Waals surface area contributed by atoms with E-state index in [1.165, 1.54) is 4.40 Å². The molecule has 24 heavy (non-hydrogen) atoms. The van der Waals surface area contributed by atoms with Crippen molar-refractivity contribution in [1.82, 2.24) is 14.4 Å². The molecular formula is C15H16N6O2S. The molecule has 0 amide bonds. The molecule has 0 N–H and O–H groups in total. The van der Waals surface area contributed by atoms with E-state index in [1.54, 1.807) is 29.7 Å². The van der Waals surface area contributed by atoms with Gasteiger partial charge in [-0.3, -0.25) is 0 Å². The number of pyridine rings is 1. The molecule has 0 bridgehead atoms. The summed E-state index contributed by atoms with van der Waals surface area (Å²) in [5.41, 5.74) is 1.62. The second-order valence-corrected chi connectivity index (χ2v) is 6.53. The first-order chi connectivity index (χ1) is 11.6. The molecule has 3 aromatic rings. The van der Waals surface area contributed by atoms with E-state index < -0.39 is 0 Å². The third-order valence-corrected chi connectivity index (χ3v) is 5.14. The number of thiazole rings is 1. The van der Waals surface area contributed by atoms with Crippen LogP contribution in [0.4, 0.5) is 16.8 Å². The SMILES string of the molecule is Cc1csc(N2CCN(c3nc4ccccn4c3[N+](=O)[O-])CC2)n1. The van der Waals surface area contributed by atoms with E-state index in [4.69, 9.17) is 0 Å². The molecular weight excluding hydrogens is 328 g/mol. The van der Waals surface area contributed by atoms with Gasteiger partial charge in [0.05, 0.1) is 11.9 Å². The standard InChI is InChI=1S/C15H16N6O2S/c1-11-10-24-15(16-11)19-8-6-18(7-9-19)13-14(21(22)23)20-5-3-2-4-12(20)17-13/h2-5,10H,6-9H2,1H3. The molecule has 0 aromatic carbocycles. The average molecular weight is 344 g/mol. The maximum absolute atomic E-state index is 11.5. The molecule has 124 valence electrons. The summed E-state index contributed by atoms with van der Waals surface area (Å²) >= 11 is 1.63. The number of nitro groups is 1.